The van der Waals surface area contributed by atoms with Gasteiger partial charge in [-0.2, -0.15) is 0 Å². The van der Waals surface area contributed by atoms with E-state index in [0.717, 1.165) is 4.90 Å². The number of rotatable bonds is 2. The summed E-state index contributed by atoms with van der Waals surface area (Å²) in [6.45, 7) is 0. The van der Waals surface area contributed by atoms with Gasteiger partial charge in [-0.3, -0.25) is 4.79 Å². The molecule has 1 fully saturated rings. The van der Waals surface area contributed by atoms with E-state index in [1.165, 1.54) is 0 Å². The first kappa shape index (κ1) is 8.59. The monoisotopic (exact) mass is 194 g/mol. The van der Waals surface area contributed by atoms with Crippen molar-refractivity contribution < 1.29 is 4.79 Å². The van der Waals surface area contributed by atoms with E-state index in [0.29, 0.717) is 0 Å². The maximum absolute atomic E-state index is 10.8. The van der Waals surface area contributed by atoms with Crippen LogP contribution in [0.25, 0.3) is 0 Å². The molecular weight excluding hydrogens is 184 g/mol. The lowest BCUT2D eigenvalue weighted by atomic mass is 10.2. The van der Waals surface area contributed by atoms with E-state index in [1.807, 2.05) is 30.3 Å². The normalized spacial score (nSPS) is 26.4. The summed E-state index contributed by atoms with van der Waals surface area (Å²) in [5, 5.41) is 2.78. The molecule has 0 aliphatic carbocycles. The Morgan fingerprint density at radius 1 is 1.31 bits per heavy atom. The predicted octanol–water partition coefficient (Wildman–Crippen LogP) is 0.562. The van der Waals surface area contributed by atoms with Gasteiger partial charge in [0.25, 0.3) is 0 Å². The SMILES string of the molecule is N[C@@H]1C(=O)N[C@H]1Sc1ccccc1. The van der Waals surface area contributed by atoms with Gasteiger partial charge in [0.05, 0.1) is 0 Å². The van der Waals surface area contributed by atoms with Crippen LogP contribution in [0.1, 0.15) is 0 Å². The fraction of sp³-hybridized carbons (Fsp3) is 0.222. The Morgan fingerprint density at radius 2 is 2.00 bits per heavy atom. The van der Waals surface area contributed by atoms with Crippen LogP contribution in [-0.4, -0.2) is 17.3 Å². The van der Waals surface area contributed by atoms with Crippen molar-refractivity contribution >= 4 is 17.7 Å². The standard InChI is InChI=1S/C9H10N2OS/c10-7-8(12)11-9(7)13-6-4-2-1-3-5-6/h1-5,7,9H,10H2,(H,11,12)/t7-,9+/m1/s1. The smallest absolute Gasteiger partial charge is 0.240 e. The molecule has 4 heteroatoms. The highest BCUT2D eigenvalue weighted by Crippen LogP contribution is 2.26. The number of hydrogen-bond donors (Lipinski definition) is 2. The van der Waals surface area contributed by atoms with Crippen molar-refractivity contribution in [3.8, 4) is 0 Å². The van der Waals surface area contributed by atoms with Crippen LogP contribution < -0.4 is 11.1 Å². The number of benzene rings is 1. The zero-order valence-corrected chi connectivity index (χ0v) is 7.75. The number of carbonyl (C=O) groups excluding carboxylic acids is 1. The van der Waals surface area contributed by atoms with E-state index in [4.69, 9.17) is 5.73 Å². The summed E-state index contributed by atoms with van der Waals surface area (Å²) in [5.74, 6) is -0.0616. The molecule has 1 aliphatic heterocycles. The minimum atomic E-state index is -0.356. The van der Waals surface area contributed by atoms with Gasteiger partial charge in [0.2, 0.25) is 5.91 Å². The zero-order chi connectivity index (χ0) is 9.26. The zero-order valence-electron chi connectivity index (χ0n) is 6.94. The van der Waals surface area contributed by atoms with Gasteiger partial charge in [-0.1, -0.05) is 30.0 Å². The lowest BCUT2D eigenvalue weighted by Gasteiger charge is -2.33. The summed E-state index contributed by atoms with van der Waals surface area (Å²) in [5.41, 5.74) is 5.58. The molecule has 0 unspecified atom stereocenters. The fourth-order valence-corrected chi connectivity index (χ4v) is 2.17. The Bertz CT molecular complexity index is 315. The van der Waals surface area contributed by atoms with Crippen LogP contribution in [0.4, 0.5) is 0 Å². The highest BCUT2D eigenvalue weighted by atomic mass is 32.2. The minimum Gasteiger partial charge on any atom is -0.340 e. The number of nitrogens with two attached hydrogens (primary N) is 1. The molecule has 2 atom stereocenters. The Morgan fingerprint density at radius 3 is 2.54 bits per heavy atom. The summed E-state index contributed by atoms with van der Waals surface area (Å²) >= 11 is 1.59. The number of hydrogen-bond acceptors (Lipinski definition) is 3. The predicted molar refractivity (Wildman–Crippen MR) is 52.2 cm³/mol. The molecule has 0 saturated carbocycles. The number of β-lactam (4-membered cyclic amide) rings is 1. The molecule has 68 valence electrons. The molecule has 1 amide bonds. The Balaban J connectivity index is 1.97. The lowest BCUT2D eigenvalue weighted by molar-refractivity contribution is -0.128. The summed E-state index contributed by atoms with van der Waals surface area (Å²) in [4.78, 5) is 11.9. The van der Waals surface area contributed by atoms with Crippen LogP contribution in [0, 0.1) is 0 Å². The molecule has 1 aromatic rings. The summed E-state index contributed by atoms with van der Waals surface area (Å²) in [6.07, 6.45) is 0. The third-order valence-electron chi connectivity index (χ3n) is 1.92. The molecule has 1 aliphatic rings. The summed E-state index contributed by atoms with van der Waals surface area (Å²) in [7, 11) is 0. The van der Waals surface area contributed by atoms with Crippen LogP contribution in [-0.2, 0) is 4.79 Å². The van der Waals surface area contributed by atoms with Crippen molar-refractivity contribution in [1.29, 1.82) is 0 Å². The van der Waals surface area contributed by atoms with Gasteiger partial charge in [-0.15, -0.1) is 0 Å². The van der Waals surface area contributed by atoms with Crippen LogP contribution >= 0.6 is 11.8 Å². The van der Waals surface area contributed by atoms with Crippen LogP contribution in [0.3, 0.4) is 0 Å². The third kappa shape index (κ3) is 1.68. The van der Waals surface area contributed by atoms with Gasteiger partial charge in [0.15, 0.2) is 0 Å². The quantitative estimate of drug-likeness (QED) is 0.676. The molecular formula is C9H10N2OS. The minimum absolute atomic E-state index is 0.0369. The second kappa shape index (κ2) is 3.40. The molecule has 0 radical (unpaired) electrons. The average molecular weight is 194 g/mol. The number of carbonyl (C=O) groups is 1. The van der Waals surface area contributed by atoms with Gasteiger partial charge in [0, 0.05) is 4.90 Å². The van der Waals surface area contributed by atoms with E-state index in [-0.39, 0.29) is 17.3 Å². The highest BCUT2D eigenvalue weighted by Gasteiger charge is 2.36. The number of amides is 1. The average Bonchev–Trinajstić information content (AvgIpc) is 2.19. The fourth-order valence-electron chi connectivity index (χ4n) is 1.12. The van der Waals surface area contributed by atoms with Crippen molar-refractivity contribution in [3.63, 3.8) is 0 Å². The van der Waals surface area contributed by atoms with Gasteiger partial charge >= 0.3 is 0 Å². The van der Waals surface area contributed by atoms with Gasteiger partial charge in [0.1, 0.15) is 11.4 Å². The van der Waals surface area contributed by atoms with Crippen molar-refractivity contribution in [2.45, 2.75) is 16.3 Å². The Labute approximate surface area is 80.7 Å². The second-order valence-corrected chi connectivity index (χ2v) is 4.10. The molecule has 1 saturated heterocycles. The van der Waals surface area contributed by atoms with Gasteiger partial charge in [-0.25, -0.2) is 0 Å². The van der Waals surface area contributed by atoms with Crippen LogP contribution in [0.2, 0.25) is 0 Å². The molecule has 2 rings (SSSR count). The number of nitrogens with one attached hydrogen (secondary N) is 1. The molecule has 0 spiro atoms. The molecule has 0 bridgehead atoms. The second-order valence-electron chi connectivity index (χ2n) is 2.89. The van der Waals surface area contributed by atoms with E-state index in [9.17, 15) is 4.79 Å². The van der Waals surface area contributed by atoms with Crippen LogP contribution in [0.5, 0.6) is 0 Å². The van der Waals surface area contributed by atoms with Crippen molar-refractivity contribution in [1.82, 2.24) is 5.32 Å². The molecule has 0 aromatic heterocycles. The Kier molecular flexibility index (Phi) is 2.24. The third-order valence-corrected chi connectivity index (χ3v) is 3.13. The topological polar surface area (TPSA) is 55.1 Å². The molecule has 3 N–H and O–H groups in total. The molecule has 1 aromatic carbocycles. The summed E-state index contributed by atoms with van der Waals surface area (Å²) < 4.78 is 0. The molecule has 13 heavy (non-hydrogen) atoms. The first-order valence-electron chi connectivity index (χ1n) is 4.05. The van der Waals surface area contributed by atoms with Crippen molar-refractivity contribution in [2.24, 2.45) is 5.73 Å². The Hall–Kier alpha value is -1.00. The highest BCUT2D eigenvalue weighted by molar-refractivity contribution is 8.00. The maximum atomic E-state index is 10.8. The van der Waals surface area contributed by atoms with Gasteiger partial charge in [-0.05, 0) is 12.1 Å². The molecule has 1 heterocycles. The lowest BCUT2D eigenvalue weighted by Crippen LogP contribution is -2.64. The van der Waals surface area contributed by atoms with Crippen molar-refractivity contribution in [3.05, 3.63) is 30.3 Å². The molecule has 3 nitrogen and oxygen atoms in total. The first-order valence-corrected chi connectivity index (χ1v) is 4.93. The van der Waals surface area contributed by atoms with E-state index >= 15 is 0 Å². The van der Waals surface area contributed by atoms with E-state index in [2.05, 4.69) is 5.32 Å². The first-order chi connectivity index (χ1) is 6.27. The van der Waals surface area contributed by atoms with Gasteiger partial charge < -0.3 is 11.1 Å². The largest absolute Gasteiger partial charge is 0.340 e. The maximum Gasteiger partial charge on any atom is 0.240 e. The number of thioether (sulfide) groups is 1. The van der Waals surface area contributed by atoms with E-state index < -0.39 is 0 Å². The summed E-state index contributed by atoms with van der Waals surface area (Å²) in [6, 6.07) is 9.54. The van der Waals surface area contributed by atoms with Crippen molar-refractivity contribution in [2.75, 3.05) is 0 Å². The van der Waals surface area contributed by atoms with E-state index in [1.54, 1.807) is 11.8 Å². The van der Waals surface area contributed by atoms with Crippen LogP contribution in [0.15, 0.2) is 35.2 Å².